The van der Waals surface area contributed by atoms with Crippen LogP contribution in [0.2, 0.25) is 5.02 Å². The van der Waals surface area contributed by atoms with Crippen LogP contribution in [0.3, 0.4) is 0 Å². The molecule has 35 heavy (non-hydrogen) atoms. The maximum absolute atomic E-state index is 12.5. The molecule has 180 valence electrons. The summed E-state index contributed by atoms with van der Waals surface area (Å²) in [5, 5.41) is 14.2. The zero-order valence-electron chi connectivity index (χ0n) is 19.3. The molecule has 8 nitrogen and oxygen atoms in total. The van der Waals surface area contributed by atoms with Crippen LogP contribution in [0.5, 0.6) is 0 Å². The summed E-state index contributed by atoms with van der Waals surface area (Å²) in [6.45, 7) is 5.60. The van der Waals surface area contributed by atoms with Gasteiger partial charge in [0.1, 0.15) is 5.82 Å². The molecular weight excluding hydrogens is 504 g/mol. The lowest BCUT2D eigenvalue weighted by Gasteiger charge is -2.17. The summed E-state index contributed by atoms with van der Waals surface area (Å²) in [7, 11) is 0. The Bertz CT molecular complexity index is 1330. The Morgan fingerprint density at radius 1 is 0.943 bits per heavy atom. The number of hydrogen-bond acceptors (Lipinski definition) is 8. The first-order valence-electron chi connectivity index (χ1n) is 10.7. The van der Waals surface area contributed by atoms with Crippen LogP contribution in [0.15, 0.2) is 53.4 Å². The number of benzene rings is 1. The number of nitrogens with zero attached hydrogens (tertiary/aromatic N) is 3. The van der Waals surface area contributed by atoms with Crippen LogP contribution in [-0.2, 0) is 16.0 Å². The SMILES string of the molecule is CC(C)(C)C(=O)Nc1ccc(-c2csc(NC(=O)Cc3csc(Nc4ccc(Cl)cn4)n3)n2)cc1. The largest absolute Gasteiger partial charge is 0.326 e. The lowest BCUT2D eigenvalue weighted by atomic mass is 9.95. The Labute approximate surface area is 215 Å². The third-order valence-electron chi connectivity index (χ3n) is 4.73. The fraction of sp³-hybridized carbons (Fsp3) is 0.208. The molecule has 3 aromatic heterocycles. The highest BCUT2D eigenvalue weighted by Crippen LogP contribution is 2.27. The van der Waals surface area contributed by atoms with Crippen molar-refractivity contribution in [2.24, 2.45) is 5.41 Å². The van der Waals surface area contributed by atoms with Crippen molar-refractivity contribution in [1.29, 1.82) is 0 Å². The molecule has 3 N–H and O–H groups in total. The van der Waals surface area contributed by atoms with E-state index in [0.717, 1.165) is 16.9 Å². The smallest absolute Gasteiger partial charge is 0.232 e. The molecule has 4 rings (SSSR count). The van der Waals surface area contributed by atoms with Crippen molar-refractivity contribution in [2.75, 3.05) is 16.0 Å². The van der Waals surface area contributed by atoms with Crippen LogP contribution in [0.4, 0.5) is 21.8 Å². The van der Waals surface area contributed by atoms with E-state index in [-0.39, 0.29) is 18.2 Å². The number of rotatable bonds is 7. The molecule has 2 amide bonds. The van der Waals surface area contributed by atoms with Gasteiger partial charge in [0, 0.05) is 33.6 Å². The molecule has 4 aromatic rings. The molecule has 0 aliphatic heterocycles. The van der Waals surface area contributed by atoms with E-state index in [1.165, 1.54) is 22.7 Å². The van der Waals surface area contributed by atoms with Gasteiger partial charge in [-0.3, -0.25) is 9.59 Å². The molecule has 0 saturated carbocycles. The molecular formula is C24H23ClN6O2S2. The molecule has 11 heteroatoms. The van der Waals surface area contributed by atoms with E-state index >= 15 is 0 Å². The Morgan fingerprint density at radius 2 is 1.69 bits per heavy atom. The summed E-state index contributed by atoms with van der Waals surface area (Å²) >= 11 is 8.59. The van der Waals surface area contributed by atoms with Crippen LogP contribution in [0.1, 0.15) is 26.5 Å². The fourth-order valence-corrected chi connectivity index (χ4v) is 4.40. The van der Waals surface area contributed by atoms with Gasteiger partial charge in [0.05, 0.1) is 22.8 Å². The highest BCUT2D eigenvalue weighted by atomic mass is 35.5. The molecule has 0 radical (unpaired) electrons. The van der Waals surface area contributed by atoms with E-state index in [1.54, 1.807) is 18.3 Å². The Balaban J connectivity index is 1.32. The Morgan fingerprint density at radius 3 is 2.37 bits per heavy atom. The minimum absolute atomic E-state index is 0.0476. The highest BCUT2D eigenvalue weighted by Gasteiger charge is 2.21. The first-order valence-corrected chi connectivity index (χ1v) is 12.8. The Kier molecular flexibility index (Phi) is 7.44. The quantitative estimate of drug-likeness (QED) is 0.263. The summed E-state index contributed by atoms with van der Waals surface area (Å²) in [6, 6.07) is 10.9. The van der Waals surface area contributed by atoms with Gasteiger partial charge in [-0.2, -0.15) is 0 Å². The molecule has 0 fully saturated rings. The van der Waals surface area contributed by atoms with E-state index in [2.05, 4.69) is 30.9 Å². The van der Waals surface area contributed by atoms with Crippen molar-refractivity contribution in [1.82, 2.24) is 15.0 Å². The zero-order chi connectivity index (χ0) is 25.0. The normalized spacial score (nSPS) is 11.2. The molecule has 0 bridgehead atoms. The number of carbonyl (C=O) groups is 2. The van der Waals surface area contributed by atoms with Crippen molar-refractivity contribution >= 4 is 67.9 Å². The monoisotopic (exact) mass is 526 g/mol. The number of nitrogens with one attached hydrogen (secondary N) is 3. The van der Waals surface area contributed by atoms with Crippen LogP contribution >= 0.6 is 34.3 Å². The number of carbonyl (C=O) groups excluding carboxylic acids is 2. The number of anilines is 4. The van der Waals surface area contributed by atoms with Crippen molar-refractivity contribution in [3.8, 4) is 11.3 Å². The predicted molar refractivity (Wildman–Crippen MR) is 143 cm³/mol. The maximum Gasteiger partial charge on any atom is 0.232 e. The molecule has 0 atom stereocenters. The summed E-state index contributed by atoms with van der Waals surface area (Å²) in [4.78, 5) is 37.8. The van der Waals surface area contributed by atoms with Crippen molar-refractivity contribution in [3.63, 3.8) is 0 Å². The fourth-order valence-electron chi connectivity index (χ4n) is 2.84. The van der Waals surface area contributed by atoms with Gasteiger partial charge < -0.3 is 16.0 Å². The van der Waals surface area contributed by atoms with Crippen LogP contribution in [0, 0.1) is 5.41 Å². The summed E-state index contributed by atoms with van der Waals surface area (Å²) in [5.41, 5.74) is 2.54. The lowest BCUT2D eigenvalue weighted by Crippen LogP contribution is -2.27. The molecule has 0 aliphatic rings. The van der Waals surface area contributed by atoms with Gasteiger partial charge in [-0.05, 0) is 24.3 Å². The van der Waals surface area contributed by atoms with Crippen LogP contribution < -0.4 is 16.0 Å². The number of halogens is 1. The number of pyridine rings is 1. The molecule has 1 aromatic carbocycles. The summed E-state index contributed by atoms with van der Waals surface area (Å²) in [6.07, 6.45) is 1.68. The van der Waals surface area contributed by atoms with Gasteiger partial charge >= 0.3 is 0 Å². The number of amides is 2. The van der Waals surface area contributed by atoms with Crippen molar-refractivity contribution in [3.05, 3.63) is 64.1 Å². The van der Waals surface area contributed by atoms with Gasteiger partial charge in [-0.25, -0.2) is 15.0 Å². The highest BCUT2D eigenvalue weighted by molar-refractivity contribution is 7.14. The van der Waals surface area contributed by atoms with Gasteiger partial charge in [0.15, 0.2) is 10.3 Å². The second-order valence-corrected chi connectivity index (χ2v) is 10.8. The zero-order valence-corrected chi connectivity index (χ0v) is 21.6. The first kappa shape index (κ1) is 24.8. The predicted octanol–water partition coefficient (Wildman–Crippen LogP) is 6.22. The molecule has 3 heterocycles. The standard InChI is InChI=1S/C24H23ClN6O2S2/c1-24(2,3)21(33)27-16-7-4-14(5-8-16)18-13-35-23(29-18)31-20(32)10-17-12-34-22(28-17)30-19-9-6-15(25)11-26-19/h4-9,11-13H,10H2,1-3H3,(H,27,33)(H,26,28,30)(H,29,31,32). The van der Waals surface area contributed by atoms with E-state index in [1.807, 2.05) is 55.8 Å². The second-order valence-electron chi connectivity index (χ2n) is 8.67. The van der Waals surface area contributed by atoms with Gasteiger partial charge in [0.25, 0.3) is 0 Å². The van der Waals surface area contributed by atoms with E-state index in [9.17, 15) is 9.59 Å². The maximum atomic E-state index is 12.5. The van der Waals surface area contributed by atoms with Gasteiger partial charge in [0.2, 0.25) is 11.8 Å². The first-order chi connectivity index (χ1) is 16.7. The summed E-state index contributed by atoms with van der Waals surface area (Å²) < 4.78 is 0. The van der Waals surface area contributed by atoms with Gasteiger partial charge in [-0.1, -0.05) is 44.5 Å². The third kappa shape index (κ3) is 6.84. The Hall–Kier alpha value is -3.34. The van der Waals surface area contributed by atoms with E-state index in [4.69, 9.17) is 11.6 Å². The average Bonchev–Trinajstić information content (AvgIpc) is 3.44. The van der Waals surface area contributed by atoms with Crippen molar-refractivity contribution < 1.29 is 9.59 Å². The minimum Gasteiger partial charge on any atom is -0.326 e. The molecule has 0 aliphatic carbocycles. The molecule has 0 spiro atoms. The summed E-state index contributed by atoms with van der Waals surface area (Å²) in [5.74, 6) is 0.376. The van der Waals surface area contributed by atoms with E-state index in [0.29, 0.717) is 26.8 Å². The molecule has 0 saturated heterocycles. The van der Waals surface area contributed by atoms with Crippen LogP contribution in [0.25, 0.3) is 11.3 Å². The molecule has 0 unspecified atom stereocenters. The van der Waals surface area contributed by atoms with Crippen molar-refractivity contribution in [2.45, 2.75) is 27.2 Å². The number of aromatic nitrogens is 3. The number of hydrogen-bond donors (Lipinski definition) is 3. The van der Waals surface area contributed by atoms with Crippen LogP contribution in [-0.4, -0.2) is 26.8 Å². The van der Waals surface area contributed by atoms with Gasteiger partial charge in [-0.15, -0.1) is 22.7 Å². The topological polar surface area (TPSA) is 109 Å². The second kappa shape index (κ2) is 10.5. The minimum atomic E-state index is -0.467. The average molecular weight is 527 g/mol. The lowest BCUT2D eigenvalue weighted by molar-refractivity contribution is -0.123. The van der Waals surface area contributed by atoms with E-state index < -0.39 is 5.41 Å². The number of thiazole rings is 2. The third-order valence-corrected chi connectivity index (χ3v) is 6.51.